The zero-order valence-corrected chi connectivity index (χ0v) is 19.8. The van der Waals surface area contributed by atoms with Gasteiger partial charge in [-0.3, -0.25) is 5.41 Å². The van der Waals surface area contributed by atoms with Crippen molar-refractivity contribution >= 4 is 18.4 Å². The molecule has 12 heteroatoms. The molecule has 0 aliphatic carbocycles. The molecule has 1 fully saturated rings. The average Bonchev–Trinajstić information content (AvgIpc) is 3.39. The van der Waals surface area contributed by atoms with Crippen molar-refractivity contribution in [3.8, 4) is 17.1 Å². The SMILES string of the molecule is CCCCCCCCOc1ccc(-c2noc([C@@H]3[C@H](O)CCN3C(=N)N)n2)cc1C(F)(F)F.Cl. The highest BCUT2D eigenvalue weighted by molar-refractivity contribution is 5.85. The molecule has 3 rings (SSSR count). The van der Waals surface area contributed by atoms with Crippen LogP contribution in [0.3, 0.4) is 0 Å². The third-order valence-corrected chi connectivity index (χ3v) is 5.67. The van der Waals surface area contributed by atoms with Gasteiger partial charge in [0.15, 0.2) is 5.96 Å². The van der Waals surface area contributed by atoms with Crippen molar-refractivity contribution in [1.82, 2.24) is 15.0 Å². The lowest BCUT2D eigenvalue weighted by atomic mass is 10.1. The minimum absolute atomic E-state index is 0. The fourth-order valence-corrected chi connectivity index (χ4v) is 3.90. The predicted octanol–water partition coefficient (Wildman–Crippen LogP) is 4.92. The third kappa shape index (κ3) is 6.75. The summed E-state index contributed by atoms with van der Waals surface area (Å²) in [5.74, 6) is -0.567. The van der Waals surface area contributed by atoms with Gasteiger partial charge in [0.25, 0.3) is 5.89 Å². The van der Waals surface area contributed by atoms with Crippen molar-refractivity contribution in [3.63, 3.8) is 0 Å². The highest BCUT2D eigenvalue weighted by Crippen LogP contribution is 2.39. The van der Waals surface area contributed by atoms with Crippen LogP contribution in [-0.2, 0) is 6.18 Å². The number of nitrogens with one attached hydrogen (secondary N) is 1. The molecule has 8 nitrogen and oxygen atoms in total. The molecular formula is C22H31ClF3N5O3. The highest BCUT2D eigenvalue weighted by Gasteiger charge is 2.39. The van der Waals surface area contributed by atoms with Gasteiger partial charge in [-0.05, 0) is 31.0 Å². The average molecular weight is 506 g/mol. The summed E-state index contributed by atoms with van der Waals surface area (Å²) in [4.78, 5) is 5.57. The lowest BCUT2D eigenvalue weighted by molar-refractivity contribution is -0.138. The Hall–Kier alpha value is -2.53. The van der Waals surface area contributed by atoms with Crippen LogP contribution in [0.1, 0.15) is 69.4 Å². The summed E-state index contributed by atoms with van der Waals surface area (Å²) in [5.41, 5.74) is 4.73. The van der Waals surface area contributed by atoms with Gasteiger partial charge in [-0.25, -0.2) is 0 Å². The number of likely N-dealkylation sites (tertiary alicyclic amines) is 1. The van der Waals surface area contributed by atoms with E-state index in [0.717, 1.165) is 38.2 Å². The number of rotatable bonds is 10. The number of ether oxygens (including phenoxy) is 1. The number of hydrogen-bond acceptors (Lipinski definition) is 6. The molecule has 4 N–H and O–H groups in total. The largest absolute Gasteiger partial charge is 0.493 e. The van der Waals surface area contributed by atoms with Crippen molar-refractivity contribution in [1.29, 1.82) is 5.41 Å². The molecule has 190 valence electrons. The molecule has 0 bridgehead atoms. The van der Waals surface area contributed by atoms with E-state index in [4.69, 9.17) is 20.4 Å². The van der Waals surface area contributed by atoms with E-state index in [1.54, 1.807) is 0 Å². The van der Waals surface area contributed by atoms with Gasteiger partial charge in [0, 0.05) is 12.1 Å². The Bertz CT molecular complexity index is 941. The van der Waals surface area contributed by atoms with Gasteiger partial charge in [0.2, 0.25) is 5.82 Å². The van der Waals surface area contributed by atoms with Crippen molar-refractivity contribution in [3.05, 3.63) is 29.7 Å². The van der Waals surface area contributed by atoms with Crippen molar-refractivity contribution in [2.24, 2.45) is 5.73 Å². The van der Waals surface area contributed by atoms with E-state index in [1.807, 2.05) is 0 Å². The Kier molecular flexibility index (Phi) is 9.99. The first-order valence-electron chi connectivity index (χ1n) is 11.2. The lowest BCUT2D eigenvalue weighted by Gasteiger charge is -2.22. The summed E-state index contributed by atoms with van der Waals surface area (Å²) in [6, 6.07) is 2.82. The quantitative estimate of drug-likeness (QED) is 0.238. The molecule has 0 radical (unpaired) electrons. The van der Waals surface area contributed by atoms with E-state index in [9.17, 15) is 18.3 Å². The van der Waals surface area contributed by atoms with Crippen molar-refractivity contribution < 1.29 is 27.5 Å². The molecule has 0 unspecified atom stereocenters. The fraction of sp³-hybridized carbons (Fsp3) is 0.591. The van der Waals surface area contributed by atoms with Gasteiger partial charge in [0.1, 0.15) is 11.8 Å². The van der Waals surface area contributed by atoms with Gasteiger partial charge in [0.05, 0.1) is 18.3 Å². The standard InChI is InChI=1S/C22H30F3N5O3.ClH/c1-2-3-4-5-6-7-12-32-17-9-8-14(13-15(17)22(23,24)25)19-28-20(33-29-19)18-16(31)10-11-30(18)21(26)27;/h8-9,13,16,18,31H,2-7,10-12H2,1H3,(H3,26,27);1H/t16-,18+;/m1./s1. The van der Waals surface area contributed by atoms with Crippen LogP contribution in [0, 0.1) is 5.41 Å². The first-order valence-corrected chi connectivity index (χ1v) is 11.2. The van der Waals surface area contributed by atoms with E-state index < -0.39 is 23.9 Å². The van der Waals surface area contributed by atoms with Gasteiger partial charge < -0.3 is 25.0 Å². The minimum Gasteiger partial charge on any atom is -0.493 e. The second-order valence-corrected chi connectivity index (χ2v) is 8.16. The van der Waals surface area contributed by atoms with Gasteiger partial charge in [-0.1, -0.05) is 44.2 Å². The van der Waals surface area contributed by atoms with Gasteiger partial charge in [-0.15, -0.1) is 12.4 Å². The molecule has 1 aliphatic heterocycles. The van der Waals surface area contributed by atoms with Crippen LogP contribution in [0.2, 0.25) is 0 Å². The Morgan fingerprint density at radius 1 is 1.26 bits per heavy atom. The fourth-order valence-electron chi connectivity index (χ4n) is 3.90. The predicted molar refractivity (Wildman–Crippen MR) is 123 cm³/mol. The number of nitrogens with zero attached hydrogens (tertiary/aromatic N) is 3. The molecule has 34 heavy (non-hydrogen) atoms. The van der Waals surface area contributed by atoms with E-state index in [1.165, 1.54) is 17.0 Å². The van der Waals surface area contributed by atoms with Crippen LogP contribution in [-0.4, -0.2) is 45.4 Å². The second kappa shape index (κ2) is 12.3. The first-order chi connectivity index (χ1) is 15.7. The van der Waals surface area contributed by atoms with Crippen LogP contribution < -0.4 is 10.5 Å². The lowest BCUT2D eigenvalue weighted by Crippen LogP contribution is -2.37. The molecule has 0 amide bonds. The number of benzene rings is 1. The molecule has 1 aliphatic rings. The van der Waals surface area contributed by atoms with E-state index in [0.29, 0.717) is 19.4 Å². The number of hydrogen-bond donors (Lipinski definition) is 3. The number of aliphatic hydroxyl groups is 1. The van der Waals surface area contributed by atoms with E-state index in [-0.39, 0.29) is 48.0 Å². The Morgan fingerprint density at radius 2 is 1.97 bits per heavy atom. The van der Waals surface area contributed by atoms with Crippen LogP contribution in [0.25, 0.3) is 11.4 Å². The molecular weight excluding hydrogens is 475 g/mol. The van der Waals surface area contributed by atoms with Crippen LogP contribution in [0.5, 0.6) is 5.75 Å². The Balaban J connectivity index is 0.00000408. The first kappa shape index (κ1) is 27.7. The monoisotopic (exact) mass is 505 g/mol. The van der Waals surface area contributed by atoms with Crippen LogP contribution in [0.15, 0.2) is 22.7 Å². The molecule has 0 saturated carbocycles. The molecule has 1 aromatic carbocycles. The van der Waals surface area contributed by atoms with Crippen molar-refractivity contribution in [2.45, 2.75) is 70.2 Å². The summed E-state index contributed by atoms with van der Waals surface area (Å²) in [7, 11) is 0. The van der Waals surface area contributed by atoms with Gasteiger partial charge >= 0.3 is 6.18 Å². The number of aromatic nitrogens is 2. The van der Waals surface area contributed by atoms with Crippen LogP contribution >= 0.6 is 12.4 Å². The zero-order valence-electron chi connectivity index (χ0n) is 19.0. The summed E-state index contributed by atoms with van der Waals surface area (Å²) < 4.78 is 51.7. The van der Waals surface area contributed by atoms with Gasteiger partial charge in [-0.2, -0.15) is 18.2 Å². The maximum atomic E-state index is 13.7. The second-order valence-electron chi connectivity index (χ2n) is 8.16. The summed E-state index contributed by atoms with van der Waals surface area (Å²) in [5, 5.41) is 21.6. The number of nitrogens with two attached hydrogens (primary N) is 1. The number of alkyl halides is 3. The maximum Gasteiger partial charge on any atom is 0.419 e. The minimum atomic E-state index is -4.62. The van der Waals surface area contributed by atoms with E-state index >= 15 is 0 Å². The zero-order chi connectivity index (χ0) is 24.0. The number of guanidine groups is 1. The molecule has 2 atom stereocenters. The Morgan fingerprint density at radius 3 is 2.65 bits per heavy atom. The highest BCUT2D eigenvalue weighted by atomic mass is 35.5. The molecule has 1 aromatic heterocycles. The molecule has 2 aromatic rings. The molecule has 1 saturated heterocycles. The Labute approximate surface area is 202 Å². The number of aliphatic hydroxyl groups excluding tert-OH is 1. The van der Waals surface area contributed by atoms with Crippen molar-refractivity contribution in [2.75, 3.05) is 13.2 Å². The van der Waals surface area contributed by atoms with Crippen LogP contribution in [0.4, 0.5) is 13.2 Å². The summed E-state index contributed by atoms with van der Waals surface area (Å²) in [6.45, 7) is 2.67. The third-order valence-electron chi connectivity index (χ3n) is 5.67. The topological polar surface area (TPSA) is 121 Å². The number of halogens is 4. The normalized spacial score (nSPS) is 18.1. The summed E-state index contributed by atoms with van der Waals surface area (Å²) >= 11 is 0. The molecule has 2 heterocycles. The number of unbranched alkanes of at least 4 members (excludes halogenated alkanes) is 5. The smallest absolute Gasteiger partial charge is 0.419 e. The molecule has 0 spiro atoms. The maximum absolute atomic E-state index is 13.7. The van der Waals surface area contributed by atoms with E-state index in [2.05, 4.69) is 17.1 Å². The summed E-state index contributed by atoms with van der Waals surface area (Å²) in [6.07, 6.45) is 0.901.